The Morgan fingerprint density at radius 3 is 3.00 bits per heavy atom. The van der Waals surface area contributed by atoms with Gasteiger partial charge in [-0.2, -0.15) is 0 Å². The van der Waals surface area contributed by atoms with Crippen LogP contribution in [0.2, 0.25) is 0 Å². The number of thioether (sulfide) groups is 1. The van der Waals surface area contributed by atoms with Gasteiger partial charge in [-0.15, -0.1) is 16.8 Å². The first-order valence-corrected chi connectivity index (χ1v) is 6.31. The number of amides is 1. The molecule has 0 radical (unpaired) electrons. The molecular formula is C9H13N3OS2. The second kappa shape index (κ2) is 5.87. The van der Waals surface area contributed by atoms with Crippen molar-refractivity contribution >= 4 is 29.0 Å². The van der Waals surface area contributed by atoms with Crippen LogP contribution in [0, 0.1) is 0 Å². The maximum Gasteiger partial charge on any atom is 0.282 e. The maximum absolute atomic E-state index is 11.5. The molecule has 0 aliphatic heterocycles. The van der Waals surface area contributed by atoms with Gasteiger partial charge in [0.05, 0.1) is 0 Å². The molecule has 0 aliphatic carbocycles. The molecule has 0 spiro atoms. The summed E-state index contributed by atoms with van der Waals surface area (Å²) < 4.78 is 0.795. The van der Waals surface area contributed by atoms with E-state index in [1.807, 2.05) is 13.8 Å². The van der Waals surface area contributed by atoms with Crippen molar-refractivity contribution in [3.05, 3.63) is 17.7 Å². The van der Waals surface area contributed by atoms with Crippen LogP contribution in [0.1, 0.15) is 23.6 Å². The molecule has 1 rings (SSSR count). The number of hydrogen-bond acceptors (Lipinski definition) is 5. The number of carbonyl (C=O) groups is 1. The molecule has 0 aromatic carbocycles. The van der Waals surface area contributed by atoms with Gasteiger partial charge in [0, 0.05) is 11.8 Å². The molecule has 0 bridgehead atoms. The highest BCUT2D eigenvalue weighted by atomic mass is 32.2. The monoisotopic (exact) mass is 243 g/mol. The first kappa shape index (κ1) is 12.2. The van der Waals surface area contributed by atoms with Crippen LogP contribution in [0.4, 0.5) is 0 Å². The van der Waals surface area contributed by atoms with Gasteiger partial charge in [0.25, 0.3) is 5.91 Å². The van der Waals surface area contributed by atoms with Crippen LogP contribution < -0.4 is 5.32 Å². The molecule has 1 aromatic rings. The Hall–Kier alpha value is -0.880. The predicted molar refractivity (Wildman–Crippen MR) is 63.4 cm³/mol. The number of hydrogen-bond donors (Lipinski definition) is 1. The zero-order valence-electron chi connectivity index (χ0n) is 8.69. The molecule has 15 heavy (non-hydrogen) atoms. The van der Waals surface area contributed by atoms with Crippen LogP contribution in [0.15, 0.2) is 17.0 Å². The Morgan fingerprint density at radius 2 is 2.40 bits per heavy atom. The number of nitrogens with one attached hydrogen (secondary N) is 1. The average Bonchev–Trinajstić information content (AvgIpc) is 2.62. The van der Waals surface area contributed by atoms with Gasteiger partial charge in [0.1, 0.15) is 0 Å². The predicted octanol–water partition coefficient (Wildman–Crippen LogP) is 1.95. The van der Waals surface area contributed by atoms with Gasteiger partial charge in [-0.3, -0.25) is 4.79 Å². The highest BCUT2D eigenvalue weighted by Gasteiger charge is 2.13. The molecule has 6 heteroatoms. The molecule has 0 atom stereocenters. The average molecular weight is 243 g/mol. The third-order valence-electron chi connectivity index (χ3n) is 1.35. The van der Waals surface area contributed by atoms with Crippen molar-refractivity contribution in [2.75, 3.05) is 5.75 Å². The third-order valence-corrected chi connectivity index (χ3v) is 3.40. The van der Waals surface area contributed by atoms with E-state index in [4.69, 9.17) is 0 Å². The zero-order chi connectivity index (χ0) is 11.3. The van der Waals surface area contributed by atoms with Crippen LogP contribution in [0.3, 0.4) is 0 Å². The quantitative estimate of drug-likeness (QED) is 0.634. The summed E-state index contributed by atoms with van der Waals surface area (Å²) in [6.07, 6.45) is 1.79. The molecule has 1 heterocycles. The summed E-state index contributed by atoms with van der Waals surface area (Å²) in [5.41, 5.74) is 0. The summed E-state index contributed by atoms with van der Waals surface area (Å²) in [7, 11) is 0. The minimum Gasteiger partial charge on any atom is -0.348 e. The Balaban J connectivity index is 2.58. The minimum atomic E-state index is -0.159. The molecule has 1 N–H and O–H groups in total. The number of aromatic nitrogens is 2. The summed E-state index contributed by atoms with van der Waals surface area (Å²) in [4.78, 5) is 11.5. The molecule has 4 nitrogen and oxygen atoms in total. The smallest absolute Gasteiger partial charge is 0.282 e. The van der Waals surface area contributed by atoms with Crippen molar-refractivity contribution in [2.45, 2.75) is 24.2 Å². The van der Waals surface area contributed by atoms with E-state index in [1.165, 1.54) is 23.1 Å². The Bertz CT molecular complexity index is 349. The van der Waals surface area contributed by atoms with E-state index in [0.29, 0.717) is 5.01 Å². The molecule has 0 unspecified atom stereocenters. The van der Waals surface area contributed by atoms with Crippen LogP contribution in [0.5, 0.6) is 0 Å². The second-order valence-corrected chi connectivity index (χ2v) is 5.35. The van der Waals surface area contributed by atoms with Gasteiger partial charge in [-0.05, 0) is 13.8 Å². The van der Waals surface area contributed by atoms with Crippen molar-refractivity contribution < 1.29 is 4.79 Å². The normalized spacial score (nSPS) is 10.3. The van der Waals surface area contributed by atoms with Crippen molar-refractivity contribution in [2.24, 2.45) is 0 Å². The number of nitrogens with zero attached hydrogens (tertiary/aromatic N) is 2. The minimum absolute atomic E-state index is 0.116. The molecule has 0 fully saturated rings. The van der Waals surface area contributed by atoms with Crippen molar-refractivity contribution in [1.82, 2.24) is 15.5 Å². The summed E-state index contributed by atoms with van der Waals surface area (Å²) in [6, 6.07) is 0.116. The van der Waals surface area contributed by atoms with Crippen LogP contribution in [0.25, 0.3) is 0 Å². The molecular weight excluding hydrogens is 230 g/mol. The number of carbonyl (C=O) groups excluding carboxylic acids is 1. The maximum atomic E-state index is 11.5. The van der Waals surface area contributed by atoms with E-state index in [9.17, 15) is 4.79 Å². The van der Waals surface area contributed by atoms with Gasteiger partial charge >= 0.3 is 0 Å². The highest BCUT2D eigenvalue weighted by molar-refractivity contribution is 8.01. The van der Waals surface area contributed by atoms with Crippen molar-refractivity contribution in [3.63, 3.8) is 0 Å². The van der Waals surface area contributed by atoms with Crippen LogP contribution >= 0.6 is 23.1 Å². The van der Waals surface area contributed by atoms with E-state index in [1.54, 1.807) is 6.08 Å². The van der Waals surface area contributed by atoms with Gasteiger partial charge in [-0.1, -0.05) is 29.2 Å². The van der Waals surface area contributed by atoms with E-state index < -0.39 is 0 Å². The molecule has 82 valence electrons. The Labute approximate surface area is 97.2 Å². The lowest BCUT2D eigenvalue weighted by atomic mass is 10.4. The summed E-state index contributed by atoms with van der Waals surface area (Å²) in [5.74, 6) is 0.619. The summed E-state index contributed by atoms with van der Waals surface area (Å²) in [6.45, 7) is 7.43. The molecule has 1 aromatic heterocycles. The molecule has 0 aliphatic rings. The van der Waals surface area contributed by atoms with E-state index in [-0.39, 0.29) is 11.9 Å². The lowest BCUT2D eigenvalue weighted by Crippen LogP contribution is -2.29. The van der Waals surface area contributed by atoms with E-state index in [0.717, 1.165) is 10.1 Å². The Kier molecular flexibility index (Phi) is 4.77. The largest absolute Gasteiger partial charge is 0.348 e. The second-order valence-electron chi connectivity index (χ2n) is 3.10. The van der Waals surface area contributed by atoms with Crippen LogP contribution in [-0.4, -0.2) is 27.9 Å². The summed E-state index contributed by atoms with van der Waals surface area (Å²) >= 11 is 2.83. The first-order chi connectivity index (χ1) is 7.13. The van der Waals surface area contributed by atoms with Gasteiger partial charge in [0.2, 0.25) is 5.01 Å². The standard InChI is InChI=1S/C9H13N3OS2/c1-4-5-14-9-12-11-8(15-9)7(13)10-6(2)3/h4,6H,1,5H2,2-3H3,(H,10,13). The van der Waals surface area contributed by atoms with E-state index >= 15 is 0 Å². The lowest BCUT2D eigenvalue weighted by Gasteiger charge is -2.04. The van der Waals surface area contributed by atoms with Gasteiger partial charge < -0.3 is 5.32 Å². The highest BCUT2D eigenvalue weighted by Crippen LogP contribution is 2.22. The summed E-state index contributed by atoms with van der Waals surface area (Å²) in [5, 5.41) is 10.9. The van der Waals surface area contributed by atoms with Gasteiger partial charge in [-0.25, -0.2) is 0 Å². The topological polar surface area (TPSA) is 54.9 Å². The number of rotatable bonds is 5. The molecule has 0 saturated heterocycles. The fourth-order valence-electron chi connectivity index (χ4n) is 0.814. The van der Waals surface area contributed by atoms with Crippen molar-refractivity contribution in [1.29, 1.82) is 0 Å². The lowest BCUT2D eigenvalue weighted by molar-refractivity contribution is 0.0942. The first-order valence-electron chi connectivity index (χ1n) is 4.51. The SMILES string of the molecule is C=CCSc1nnc(C(=O)NC(C)C)s1. The van der Waals surface area contributed by atoms with Crippen LogP contribution in [-0.2, 0) is 0 Å². The molecule has 1 amide bonds. The zero-order valence-corrected chi connectivity index (χ0v) is 10.3. The fraction of sp³-hybridized carbons (Fsp3) is 0.444. The Morgan fingerprint density at radius 1 is 1.67 bits per heavy atom. The van der Waals surface area contributed by atoms with E-state index in [2.05, 4.69) is 22.1 Å². The van der Waals surface area contributed by atoms with Gasteiger partial charge in [0.15, 0.2) is 4.34 Å². The third kappa shape index (κ3) is 4.01. The van der Waals surface area contributed by atoms with Crippen molar-refractivity contribution in [3.8, 4) is 0 Å². The molecule has 0 saturated carbocycles. The fourth-order valence-corrected chi connectivity index (χ4v) is 2.33.